The van der Waals surface area contributed by atoms with Crippen LogP contribution in [0.4, 0.5) is 11.4 Å². The Balaban J connectivity index is 3.14. The van der Waals surface area contributed by atoms with Crippen LogP contribution in [0.3, 0.4) is 0 Å². The van der Waals surface area contributed by atoms with Crippen LogP contribution in [0.15, 0.2) is 18.2 Å². The number of carboxylic acid groups (broad SMARTS) is 1. The van der Waals surface area contributed by atoms with E-state index in [1.54, 1.807) is 26.0 Å². The van der Waals surface area contributed by atoms with Crippen LogP contribution in [0, 0.1) is 0 Å². The molecular weight excluding hydrogens is 232 g/mol. The summed E-state index contributed by atoms with van der Waals surface area (Å²) < 4.78 is 0. The molecule has 1 aromatic carbocycles. The molecule has 0 aromatic heterocycles. The number of anilines is 2. The zero-order chi connectivity index (χ0) is 13.9. The summed E-state index contributed by atoms with van der Waals surface area (Å²) in [7, 11) is 0. The minimum atomic E-state index is -1.05. The first-order chi connectivity index (χ1) is 8.26. The monoisotopic (exact) mass is 252 g/mol. The number of nitrogens with zero attached hydrogens (tertiary/aromatic N) is 1. The number of rotatable bonds is 5. The zero-order valence-electron chi connectivity index (χ0n) is 11.0. The number of para-hydroxylation sites is 1. The molecule has 0 aliphatic carbocycles. The van der Waals surface area contributed by atoms with Gasteiger partial charge in [0.15, 0.2) is 0 Å². The molecule has 0 saturated carbocycles. The molecule has 5 heteroatoms. The van der Waals surface area contributed by atoms with Gasteiger partial charge in [-0.25, -0.2) is 4.79 Å². The maximum absolute atomic E-state index is 11.0. The van der Waals surface area contributed by atoms with Crippen molar-refractivity contribution in [2.45, 2.75) is 26.4 Å². The number of carboxylic acids is 1. The van der Waals surface area contributed by atoms with Gasteiger partial charge in [0, 0.05) is 13.1 Å². The highest BCUT2D eigenvalue weighted by atomic mass is 16.4. The van der Waals surface area contributed by atoms with Crippen LogP contribution in [-0.4, -0.2) is 34.9 Å². The zero-order valence-corrected chi connectivity index (χ0v) is 11.0. The van der Waals surface area contributed by atoms with Gasteiger partial charge >= 0.3 is 5.97 Å². The van der Waals surface area contributed by atoms with Crippen molar-refractivity contribution in [2.75, 3.05) is 23.7 Å². The van der Waals surface area contributed by atoms with E-state index in [9.17, 15) is 9.90 Å². The summed E-state index contributed by atoms with van der Waals surface area (Å²) in [5, 5.41) is 18.9. The van der Waals surface area contributed by atoms with Gasteiger partial charge in [-0.05, 0) is 32.9 Å². The van der Waals surface area contributed by atoms with Gasteiger partial charge in [-0.3, -0.25) is 0 Å². The van der Waals surface area contributed by atoms with Crippen LogP contribution in [-0.2, 0) is 0 Å². The Morgan fingerprint density at radius 1 is 1.44 bits per heavy atom. The smallest absolute Gasteiger partial charge is 0.337 e. The van der Waals surface area contributed by atoms with Gasteiger partial charge in [0.2, 0.25) is 0 Å². The van der Waals surface area contributed by atoms with E-state index in [1.165, 1.54) is 6.07 Å². The number of benzene rings is 1. The van der Waals surface area contributed by atoms with Crippen LogP contribution in [0.2, 0.25) is 0 Å². The number of nitrogens with two attached hydrogens (primary N) is 1. The lowest BCUT2D eigenvalue weighted by Gasteiger charge is -2.31. The third kappa shape index (κ3) is 3.37. The maximum atomic E-state index is 11.0. The van der Waals surface area contributed by atoms with E-state index in [-0.39, 0.29) is 11.3 Å². The fourth-order valence-electron chi connectivity index (χ4n) is 1.85. The molecule has 0 unspecified atom stereocenters. The van der Waals surface area contributed by atoms with Gasteiger partial charge in [0.05, 0.1) is 22.5 Å². The van der Waals surface area contributed by atoms with Crippen molar-refractivity contribution in [3.63, 3.8) is 0 Å². The highest BCUT2D eigenvalue weighted by Crippen LogP contribution is 2.27. The number of hydrogen-bond donors (Lipinski definition) is 3. The van der Waals surface area contributed by atoms with Crippen molar-refractivity contribution in [2.24, 2.45) is 0 Å². The highest BCUT2D eigenvalue weighted by molar-refractivity contribution is 5.97. The minimum absolute atomic E-state index is 0.0849. The van der Waals surface area contributed by atoms with E-state index < -0.39 is 11.6 Å². The SMILES string of the molecule is CCN(CC(C)(C)O)c1cccc(C(=O)O)c1N. The molecule has 100 valence electrons. The van der Waals surface area contributed by atoms with Crippen molar-refractivity contribution in [1.29, 1.82) is 0 Å². The van der Waals surface area contributed by atoms with Gasteiger partial charge in [0.1, 0.15) is 0 Å². The molecule has 0 atom stereocenters. The molecule has 0 fully saturated rings. The summed E-state index contributed by atoms with van der Waals surface area (Å²) in [5.41, 5.74) is 5.96. The first-order valence-electron chi connectivity index (χ1n) is 5.85. The second kappa shape index (κ2) is 5.27. The molecular formula is C13H20N2O3. The van der Waals surface area contributed by atoms with Crippen molar-refractivity contribution >= 4 is 17.3 Å². The number of nitrogen functional groups attached to an aromatic ring is 1. The molecule has 0 aliphatic rings. The van der Waals surface area contributed by atoms with Crippen LogP contribution < -0.4 is 10.6 Å². The summed E-state index contributed by atoms with van der Waals surface area (Å²) in [6.45, 7) is 6.35. The fraction of sp³-hybridized carbons (Fsp3) is 0.462. The summed E-state index contributed by atoms with van der Waals surface area (Å²) >= 11 is 0. The van der Waals surface area contributed by atoms with Gasteiger partial charge in [-0.15, -0.1) is 0 Å². The van der Waals surface area contributed by atoms with Crippen LogP contribution in [0.25, 0.3) is 0 Å². The summed E-state index contributed by atoms with van der Waals surface area (Å²) in [6, 6.07) is 4.89. The molecule has 1 aromatic rings. The van der Waals surface area contributed by atoms with Gasteiger partial charge < -0.3 is 20.8 Å². The standard InChI is InChI=1S/C13H20N2O3/c1-4-15(8-13(2,3)18)10-7-5-6-9(11(10)14)12(16)17/h5-7,18H,4,8,14H2,1-3H3,(H,16,17). The number of carbonyl (C=O) groups is 1. The second-order valence-corrected chi connectivity index (χ2v) is 4.87. The Kier molecular flexibility index (Phi) is 4.19. The second-order valence-electron chi connectivity index (χ2n) is 4.87. The van der Waals surface area contributed by atoms with E-state index in [1.807, 2.05) is 11.8 Å². The minimum Gasteiger partial charge on any atom is -0.478 e. The molecule has 0 saturated heterocycles. The van der Waals surface area contributed by atoms with Crippen molar-refractivity contribution in [1.82, 2.24) is 0 Å². The Morgan fingerprint density at radius 2 is 2.06 bits per heavy atom. The Morgan fingerprint density at radius 3 is 2.50 bits per heavy atom. The van der Waals surface area contributed by atoms with Crippen molar-refractivity contribution < 1.29 is 15.0 Å². The lowest BCUT2D eigenvalue weighted by molar-refractivity contribution is 0.0698. The third-order valence-corrected chi connectivity index (χ3v) is 2.61. The Bertz CT molecular complexity index is 438. The number of hydrogen-bond acceptors (Lipinski definition) is 4. The molecule has 0 heterocycles. The molecule has 0 aliphatic heterocycles. The topological polar surface area (TPSA) is 86.8 Å². The Labute approximate surface area is 107 Å². The van der Waals surface area contributed by atoms with E-state index in [2.05, 4.69) is 0 Å². The molecule has 1 rings (SSSR count). The average molecular weight is 252 g/mol. The molecule has 18 heavy (non-hydrogen) atoms. The largest absolute Gasteiger partial charge is 0.478 e. The molecule has 0 spiro atoms. The van der Waals surface area contributed by atoms with Crippen LogP contribution in [0.1, 0.15) is 31.1 Å². The first kappa shape index (κ1) is 14.3. The van der Waals surface area contributed by atoms with Crippen LogP contribution >= 0.6 is 0 Å². The molecule has 0 amide bonds. The van der Waals surface area contributed by atoms with Gasteiger partial charge in [-0.2, -0.15) is 0 Å². The third-order valence-electron chi connectivity index (χ3n) is 2.61. The Hall–Kier alpha value is -1.75. The van der Waals surface area contributed by atoms with Gasteiger partial charge in [0.25, 0.3) is 0 Å². The molecule has 0 radical (unpaired) electrons. The number of aromatic carboxylic acids is 1. The highest BCUT2D eigenvalue weighted by Gasteiger charge is 2.21. The van der Waals surface area contributed by atoms with Gasteiger partial charge in [-0.1, -0.05) is 6.07 Å². The summed E-state index contributed by atoms with van der Waals surface area (Å²) in [4.78, 5) is 12.9. The normalized spacial score (nSPS) is 11.3. The predicted molar refractivity (Wildman–Crippen MR) is 72.0 cm³/mol. The lowest BCUT2D eigenvalue weighted by atomic mass is 10.1. The number of aliphatic hydroxyl groups is 1. The quantitative estimate of drug-likeness (QED) is 0.692. The van der Waals surface area contributed by atoms with Crippen molar-refractivity contribution in [3.8, 4) is 0 Å². The summed E-state index contributed by atoms with van der Waals surface area (Å²) in [6.07, 6.45) is 0. The van der Waals surface area contributed by atoms with E-state index in [0.717, 1.165) is 0 Å². The molecule has 4 N–H and O–H groups in total. The fourth-order valence-corrected chi connectivity index (χ4v) is 1.85. The molecule has 0 bridgehead atoms. The van der Waals surface area contributed by atoms with E-state index >= 15 is 0 Å². The predicted octanol–water partition coefficient (Wildman–Crippen LogP) is 1.56. The molecule has 5 nitrogen and oxygen atoms in total. The van der Waals surface area contributed by atoms with E-state index in [4.69, 9.17) is 10.8 Å². The lowest BCUT2D eigenvalue weighted by Crippen LogP contribution is -2.39. The van der Waals surface area contributed by atoms with Crippen LogP contribution in [0.5, 0.6) is 0 Å². The average Bonchev–Trinajstić information content (AvgIpc) is 2.25. The maximum Gasteiger partial charge on any atom is 0.337 e. The van der Waals surface area contributed by atoms with Crippen molar-refractivity contribution in [3.05, 3.63) is 23.8 Å². The number of likely N-dealkylation sites (N-methyl/N-ethyl adjacent to an activating group) is 1. The van der Waals surface area contributed by atoms with E-state index in [0.29, 0.717) is 18.8 Å². The first-order valence-corrected chi connectivity index (χ1v) is 5.85. The summed E-state index contributed by atoms with van der Waals surface area (Å²) in [5.74, 6) is -1.05.